The van der Waals surface area contributed by atoms with E-state index in [-0.39, 0.29) is 0 Å². The van der Waals surface area contributed by atoms with E-state index in [0.29, 0.717) is 30.3 Å². The molecule has 3 nitrogen and oxygen atoms in total. The molecule has 9 aromatic rings. The SMILES string of the molecule is CC1/C=C\CCOc2c(-c3ccc(-n4c5ccccc5c5ccc(-c6ccc7c(c6)c6ccccc6n7C6=CCC7C(=C6)c6ccccc6C6C=CC=CC76)cc54)cc3)cccc21. The van der Waals surface area contributed by atoms with Crippen molar-refractivity contribution in [2.75, 3.05) is 6.61 Å². The quantitative estimate of drug-likeness (QED) is 0.162. The summed E-state index contributed by atoms with van der Waals surface area (Å²) in [6.07, 6.45) is 20.8. The van der Waals surface area contributed by atoms with E-state index in [1.807, 2.05) is 0 Å². The lowest BCUT2D eigenvalue weighted by Gasteiger charge is -2.41. The van der Waals surface area contributed by atoms with Gasteiger partial charge < -0.3 is 13.9 Å². The van der Waals surface area contributed by atoms with E-state index < -0.39 is 0 Å². The molecule has 0 N–H and O–H groups in total. The molecule has 4 atom stereocenters. The Morgan fingerprint density at radius 1 is 0.540 bits per heavy atom. The number of hydrogen-bond acceptors (Lipinski definition) is 1. The van der Waals surface area contributed by atoms with Crippen LogP contribution in [0.2, 0.25) is 0 Å². The van der Waals surface area contributed by atoms with E-state index in [0.717, 1.165) is 35.4 Å². The van der Waals surface area contributed by atoms with Crippen molar-refractivity contribution in [2.24, 2.45) is 11.8 Å². The molecule has 0 saturated heterocycles. The van der Waals surface area contributed by atoms with Gasteiger partial charge in [-0.3, -0.25) is 0 Å². The van der Waals surface area contributed by atoms with Gasteiger partial charge in [-0.15, -0.1) is 0 Å². The smallest absolute Gasteiger partial charge is 0.130 e. The van der Waals surface area contributed by atoms with Gasteiger partial charge >= 0.3 is 0 Å². The summed E-state index contributed by atoms with van der Waals surface area (Å²) < 4.78 is 11.4. The van der Waals surface area contributed by atoms with Gasteiger partial charge in [-0.05, 0) is 107 Å². The van der Waals surface area contributed by atoms with Crippen molar-refractivity contribution in [1.29, 1.82) is 0 Å². The molecule has 302 valence electrons. The van der Waals surface area contributed by atoms with Gasteiger partial charge in [0.25, 0.3) is 0 Å². The summed E-state index contributed by atoms with van der Waals surface area (Å²) in [5.74, 6) is 2.70. The first-order chi connectivity index (χ1) is 31.2. The molecule has 7 aromatic carbocycles. The Labute approximate surface area is 367 Å². The van der Waals surface area contributed by atoms with Gasteiger partial charge in [0.1, 0.15) is 5.75 Å². The molecule has 3 aliphatic carbocycles. The zero-order chi connectivity index (χ0) is 41.6. The lowest BCUT2D eigenvalue weighted by Crippen LogP contribution is -2.29. The van der Waals surface area contributed by atoms with Crippen molar-refractivity contribution in [3.63, 3.8) is 0 Å². The average Bonchev–Trinajstić information content (AvgIpc) is 3.85. The third kappa shape index (κ3) is 5.65. The number of nitrogens with zero attached hydrogens (tertiary/aromatic N) is 2. The van der Waals surface area contributed by atoms with Crippen LogP contribution in [0.15, 0.2) is 200 Å². The van der Waals surface area contributed by atoms with E-state index in [1.54, 1.807) is 0 Å². The number of ether oxygens (including phenoxy) is 1. The van der Waals surface area contributed by atoms with E-state index in [1.165, 1.54) is 82.7 Å². The van der Waals surface area contributed by atoms with Crippen LogP contribution in [0, 0.1) is 11.8 Å². The van der Waals surface area contributed by atoms with Crippen LogP contribution in [0.25, 0.3) is 82.8 Å². The van der Waals surface area contributed by atoms with Crippen LogP contribution in [0.3, 0.4) is 0 Å². The zero-order valence-electron chi connectivity index (χ0n) is 35.3. The molecule has 0 amide bonds. The predicted molar refractivity (Wildman–Crippen MR) is 264 cm³/mol. The molecule has 0 fully saturated rings. The van der Waals surface area contributed by atoms with Gasteiger partial charge in [-0.25, -0.2) is 0 Å². The fraction of sp³-hybridized carbons (Fsp3) is 0.133. The molecule has 0 bridgehead atoms. The van der Waals surface area contributed by atoms with Crippen molar-refractivity contribution in [3.05, 3.63) is 217 Å². The summed E-state index contributed by atoms with van der Waals surface area (Å²) in [5.41, 5.74) is 17.6. The highest BCUT2D eigenvalue weighted by Crippen LogP contribution is 2.52. The maximum Gasteiger partial charge on any atom is 0.130 e. The summed E-state index contributed by atoms with van der Waals surface area (Å²) in [6, 6.07) is 56.6. The maximum atomic E-state index is 6.42. The zero-order valence-corrected chi connectivity index (χ0v) is 35.3. The number of aromatic nitrogens is 2. The molecule has 0 spiro atoms. The number of rotatable bonds is 4. The minimum absolute atomic E-state index is 0.307. The first kappa shape index (κ1) is 36.3. The number of allylic oxidation sites excluding steroid dienone is 9. The monoisotopic (exact) mass is 810 g/mol. The van der Waals surface area contributed by atoms with Crippen molar-refractivity contribution in [2.45, 2.75) is 31.6 Å². The van der Waals surface area contributed by atoms with Gasteiger partial charge in [0, 0.05) is 55.9 Å². The highest BCUT2D eigenvalue weighted by atomic mass is 16.5. The minimum Gasteiger partial charge on any atom is -0.492 e. The fourth-order valence-corrected chi connectivity index (χ4v) is 11.5. The third-order valence-electron chi connectivity index (χ3n) is 14.4. The second kappa shape index (κ2) is 14.4. The van der Waals surface area contributed by atoms with E-state index in [2.05, 4.69) is 216 Å². The molecule has 2 aromatic heterocycles. The first-order valence-electron chi connectivity index (χ1n) is 22.6. The fourth-order valence-electron chi connectivity index (χ4n) is 11.5. The Bertz CT molecular complexity index is 3490. The van der Waals surface area contributed by atoms with Crippen LogP contribution in [-0.4, -0.2) is 15.7 Å². The Kier molecular flexibility index (Phi) is 8.27. The molecule has 4 unspecified atom stereocenters. The maximum absolute atomic E-state index is 6.42. The standard InChI is InChI=1S/C60H46N2O/c1-38-13-10-11-34-63-60-44(38)20-12-21-45(60)39-24-28-42(29-25-39)61-56-22-8-6-18-51(56)53-31-26-41(36-59(53)61)40-27-33-58-55(35-40)52-19-7-9-23-57(52)62(58)43-30-32-50-48-16-3-2-14-46(48)47-15-4-5-17-49(47)54(50)37-43/h2-10,12-31,33,35-38,46,48,50H,11,32,34H2,1H3/b13-10-. The lowest BCUT2D eigenvalue weighted by atomic mass is 9.63. The first-order valence-corrected chi connectivity index (χ1v) is 22.6. The summed E-state index contributed by atoms with van der Waals surface area (Å²) in [4.78, 5) is 0. The van der Waals surface area contributed by atoms with E-state index >= 15 is 0 Å². The molecule has 3 heterocycles. The highest BCUT2D eigenvalue weighted by molar-refractivity contribution is 6.13. The van der Waals surface area contributed by atoms with Crippen molar-refractivity contribution < 1.29 is 4.74 Å². The van der Waals surface area contributed by atoms with Gasteiger partial charge in [-0.2, -0.15) is 0 Å². The van der Waals surface area contributed by atoms with Crippen LogP contribution in [0.5, 0.6) is 5.75 Å². The van der Waals surface area contributed by atoms with Gasteiger partial charge in [0.05, 0.1) is 28.7 Å². The topological polar surface area (TPSA) is 19.1 Å². The van der Waals surface area contributed by atoms with Gasteiger partial charge in [-0.1, -0.05) is 159 Å². The van der Waals surface area contributed by atoms with Crippen LogP contribution >= 0.6 is 0 Å². The van der Waals surface area contributed by atoms with Crippen LogP contribution in [-0.2, 0) is 0 Å². The molecule has 0 saturated carbocycles. The van der Waals surface area contributed by atoms with Crippen molar-refractivity contribution in [1.82, 2.24) is 9.13 Å². The third-order valence-corrected chi connectivity index (χ3v) is 14.4. The largest absolute Gasteiger partial charge is 0.492 e. The Morgan fingerprint density at radius 2 is 1.22 bits per heavy atom. The summed E-state index contributed by atoms with van der Waals surface area (Å²) >= 11 is 0. The summed E-state index contributed by atoms with van der Waals surface area (Å²) in [5, 5.41) is 5.05. The van der Waals surface area contributed by atoms with Gasteiger partial charge in [0.15, 0.2) is 0 Å². The Hall–Kier alpha value is -7.36. The van der Waals surface area contributed by atoms with Gasteiger partial charge in [0.2, 0.25) is 0 Å². The average molecular weight is 811 g/mol. The molecule has 63 heavy (non-hydrogen) atoms. The van der Waals surface area contributed by atoms with Crippen molar-refractivity contribution in [3.8, 4) is 33.7 Å². The second-order valence-electron chi connectivity index (χ2n) is 17.8. The molecular formula is C60H46N2O. The predicted octanol–water partition coefficient (Wildman–Crippen LogP) is 15.5. The molecule has 3 heteroatoms. The van der Waals surface area contributed by atoms with E-state index in [4.69, 9.17) is 4.74 Å². The van der Waals surface area contributed by atoms with Crippen LogP contribution in [0.4, 0.5) is 0 Å². The molecule has 0 radical (unpaired) electrons. The number of fused-ring (bicyclic) bond motifs is 13. The Morgan fingerprint density at radius 3 is 2.11 bits per heavy atom. The molecule has 1 aliphatic heterocycles. The normalized spacial score (nSPS) is 20.6. The molecule has 13 rings (SSSR count). The second-order valence-corrected chi connectivity index (χ2v) is 17.8. The summed E-state index contributed by atoms with van der Waals surface area (Å²) in [7, 11) is 0. The van der Waals surface area contributed by atoms with Crippen molar-refractivity contribution >= 4 is 54.9 Å². The van der Waals surface area contributed by atoms with E-state index in [9.17, 15) is 0 Å². The van der Waals surface area contributed by atoms with Crippen LogP contribution < -0.4 is 4.74 Å². The Balaban J connectivity index is 0.911. The number of benzene rings is 7. The molecule has 4 aliphatic rings. The summed E-state index contributed by atoms with van der Waals surface area (Å²) in [6.45, 7) is 2.94. The highest BCUT2D eigenvalue weighted by Gasteiger charge is 2.38. The minimum atomic E-state index is 0.307. The molecular weight excluding hydrogens is 765 g/mol. The van der Waals surface area contributed by atoms with Crippen LogP contribution in [0.1, 0.15) is 48.3 Å². The number of hydrogen-bond donors (Lipinski definition) is 0. The number of para-hydroxylation sites is 3. The lowest BCUT2D eigenvalue weighted by molar-refractivity contribution is 0.320.